The van der Waals surface area contributed by atoms with Gasteiger partial charge in [0.1, 0.15) is 5.82 Å². The minimum Gasteiger partial charge on any atom is -0.383 e. The van der Waals surface area contributed by atoms with Gasteiger partial charge in [-0.3, -0.25) is 4.79 Å². The molecule has 0 radical (unpaired) electrons. The van der Waals surface area contributed by atoms with Crippen molar-refractivity contribution < 1.29 is 9.53 Å². The van der Waals surface area contributed by atoms with Crippen molar-refractivity contribution in [2.75, 3.05) is 37.9 Å². The van der Waals surface area contributed by atoms with Gasteiger partial charge in [0.05, 0.1) is 24.7 Å². The number of aromatic nitrogens is 4. The molecule has 1 aromatic carbocycles. The predicted octanol–water partition coefficient (Wildman–Crippen LogP) is 3.14. The first-order chi connectivity index (χ1) is 15.2. The Balaban J connectivity index is 1.55. The van der Waals surface area contributed by atoms with Crippen LogP contribution in [0.4, 0.5) is 5.82 Å². The van der Waals surface area contributed by atoms with Crippen LogP contribution < -0.4 is 10.6 Å². The fourth-order valence-corrected chi connectivity index (χ4v) is 3.75. The van der Waals surface area contributed by atoms with Gasteiger partial charge in [0, 0.05) is 26.6 Å². The number of anilines is 1. The molecule has 8 nitrogen and oxygen atoms in total. The summed E-state index contributed by atoms with van der Waals surface area (Å²) in [5.74, 6) is 1.70. The molecule has 0 unspecified atom stereocenters. The van der Waals surface area contributed by atoms with Crippen LogP contribution >= 0.6 is 11.8 Å². The van der Waals surface area contributed by atoms with E-state index < -0.39 is 0 Å². The lowest BCUT2D eigenvalue weighted by molar-refractivity contribution is -0.121. The Labute approximate surface area is 187 Å². The second kappa shape index (κ2) is 12.3. The Morgan fingerprint density at radius 2 is 2.03 bits per heavy atom. The van der Waals surface area contributed by atoms with Crippen LogP contribution in [0.15, 0.2) is 41.7 Å². The molecule has 0 saturated heterocycles. The first-order valence-electron chi connectivity index (χ1n) is 10.6. The van der Waals surface area contributed by atoms with Gasteiger partial charge < -0.3 is 15.4 Å². The molecule has 0 aliphatic rings. The van der Waals surface area contributed by atoms with E-state index in [1.54, 1.807) is 25.1 Å². The third kappa shape index (κ3) is 6.93. The smallest absolute Gasteiger partial charge is 0.220 e. The van der Waals surface area contributed by atoms with E-state index in [1.807, 2.05) is 22.9 Å². The number of carbonyl (C=O) groups is 1. The molecule has 166 valence electrons. The summed E-state index contributed by atoms with van der Waals surface area (Å²) in [5, 5.41) is 12.3. The van der Waals surface area contributed by atoms with E-state index in [0.717, 1.165) is 35.4 Å². The van der Waals surface area contributed by atoms with Crippen molar-refractivity contribution in [3.8, 4) is 0 Å². The van der Waals surface area contributed by atoms with Crippen LogP contribution in [0.25, 0.3) is 11.0 Å². The third-order valence-electron chi connectivity index (χ3n) is 4.71. The van der Waals surface area contributed by atoms with Gasteiger partial charge >= 0.3 is 0 Å². The Kier molecular flexibility index (Phi) is 9.11. The molecule has 0 spiro atoms. The molecule has 0 aliphatic heterocycles. The lowest BCUT2D eigenvalue weighted by Crippen LogP contribution is -2.27. The Hall–Kier alpha value is -2.65. The number of carbonyl (C=O) groups excluding carboxylic acids is 1. The van der Waals surface area contributed by atoms with E-state index in [4.69, 9.17) is 4.74 Å². The van der Waals surface area contributed by atoms with Crippen molar-refractivity contribution in [3.63, 3.8) is 0 Å². The first-order valence-corrected chi connectivity index (χ1v) is 11.6. The summed E-state index contributed by atoms with van der Waals surface area (Å²) in [6.45, 7) is 4.38. The zero-order valence-corrected chi connectivity index (χ0v) is 19.0. The van der Waals surface area contributed by atoms with E-state index in [9.17, 15) is 4.79 Å². The highest BCUT2D eigenvalue weighted by Crippen LogP contribution is 2.24. The number of ether oxygens (including phenoxy) is 1. The summed E-state index contributed by atoms with van der Waals surface area (Å²) in [5.41, 5.74) is 2.03. The second-order valence-corrected chi connectivity index (χ2v) is 8.23. The number of hydrogen-bond donors (Lipinski definition) is 2. The monoisotopic (exact) mass is 442 g/mol. The molecule has 3 aromatic rings. The minimum absolute atomic E-state index is 0.0613. The maximum absolute atomic E-state index is 12.2. The standard InChI is InChI=1S/C22H30N6O2S/c1-3-31-22-26-20(24-13-15-30-2)18-16-25-28(21(18)27-22)14-12-23-19(29)11-7-10-17-8-5-4-6-9-17/h4-6,8-9,16H,3,7,10-15H2,1-2H3,(H,23,29)(H,24,26,27). The van der Waals surface area contributed by atoms with Gasteiger partial charge in [-0.1, -0.05) is 49.0 Å². The summed E-state index contributed by atoms with van der Waals surface area (Å²) >= 11 is 1.59. The average molecular weight is 443 g/mol. The molecule has 2 heterocycles. The number of methoxy groups -OCH3 is 1. The van der Waals surface area contributed by atoms with E-state index in [1.165, 1.54) is 5.56 Å². The number of hydrogen-bond acceptors (Lipinski definition) is 7. The average Bonchev–Trinajstić information content (AvgIpc) is 3.18. The van der Waals surface area contributed by atoms with Crippen molar-refractivity contribution in [1.82, 2.24) is 25.1 Å². The molecule has 3 rings (SSSR count). The van der Waals surface area contributed by atoms with Crippen molar-refractivity contribution in [1.29, 1.82) is 0 Å². The highest BCUT2D eigenvalue weighted by molar-refractivity contribution is 7.99. The normalized spacial score (nSPS) is 11.0. The van der Waals surface area contributed by atoms with Crippen LogP contribution in [-0.4, -0.2) is 58.2 Å². The lowest BCUT2D eigenvalue weighted by Gasteiger charge is -2.09. The lowest BCUT2D eigenvalue weighted by atomic mass is 10.1. The summed E-state index contributed by atoms with van der Waals surface area (Å²) in [6, 6.07) is 10.2. The fraction of sp³-hybridized carbons (Fsp3) is 0.455. The predicted molar refractivity (Wildman–Crippen MR) is 124 cm³/mol. The molecular formula is C22H30N6O2S. The largest absolute Gasteiger partial charge is 0.383 e. The van der Waals surface area contributed by atoms with Crippen molar-refractivity contribution in [3.05, 3.63) is 42.1 Å². The minimum atomic E-state index is 0.0613. The molecule has 31 heavy (non-hydrogen) atoms. The summed E-state index contributed by atoms with van der Waals surface area (Å²) < 4.78 is 6.94. The van der Waals surface area contributed by atoms with Gasteiger partial charge in [-0.25, -0.2) is 14.6 Å². The zero-order chi connectivity index (χ0) is 21.9. The van der Waals surface area contributed by atoms with E-state index >= 15 is 0 Å². The summed E-state index contributed by atoms with van der Waals surface area (Å²) in [6.07, 6.45) is 4.03. The Morgan fingerprint density at radius 3 is 2.81 bits per heavy atom. The maximum atomic E-state index is 12.2. The van der Waals surface area contributed by atoms with Gasteiger partial charge in [-0.2, -0.15) is 5.10 Å². The van der Waals surface area contributed by atoms with Crippen LogP contribution in [0.5, 0.6) is 0 Å². The fourth-order valence-electron chi connectivity index (χ4n) is 3.19. The molecule has 0 bridgehead atoms. The van der Waals surface area contributed by atoms with E-state index in [0.29, 0.717) is 37.8 Å². The Bertz CT molecular complexity index is 963. The molecule has 9 heteroatoms. The number of rotatable bonds is 13. The number of thioether (sulfide) groups is 1. The van der Waals surface area contributed by atoms with Gasteiger partial charge in [-0.05, 0) is 24.2 Å². The van der Waals surface area contributed by atoms with Crippen molar-refractivity contribution in [2.24, 2.45) is 0 Å². The van der Waals surface area contributed by atoms with E-state index in [2.05, 4.69) is 44.8 Å². The molecule has 2 N–H and O–H groups in total. The van der Waals surface area contributed by atoms with Crippen LogP contribution in [-0.2, 0) is 22.5 Å². The number of fused-ring (bicyclic) bond motifs is 1. The maximum Gasteiger partial charge on any atom is 0.220 e. The molecule has 0 atom stereocenters. The zero-order valence-electron chi connectivity index (χ0n) is 18.1. The molecule has 2 aromatic heterocycles. The Morgan fingerprint density at radius 1 is 1.19 bits per heavy atom. The molecular weight excluding hydrogens is 412 g/mol. The third-order valence-corrected chi connectivity index (χ3v) is 5.44. The van der Waals surface area contributed by atoms with Crippen molar-refractivity contribution >= 4 is 34.5 Å². The first kappa shape index (κ1) is 23.0. The number of benzene rings is 1. The van der Waals surface area contributed by atoms with E-state index in [-0.39, 0.29) is 5.91 Å². The number of nitrogens with zero attached hydrogens (tertiary/aromatic N) is 4. The molecule has 0 saturated carbocycles. The second-order valence-electron chi connectivity index (χ2n) is 7.00. The molecule has 0 fully saturated rings. The van der Waals surface area contributed by atoms with Crippen molar-refractivity contribution in [2.45, 2.75) is 37.9 Å². The topological polar surface area (TPSA) is 94.0 Å². The van der Waals surface area contributed by atoms with Crippen LogP contribution in [0.3, 0.4) is 0 Å². The van der Waals surface area contributed by atoms with Gasteiger partial charge in [0.15, 0.2) is 10.8 Å². The molecule has 1 amide bonds. The number of nitrogens with one attached hydrogen (secondary N) is 2. The highest BCUT2D eigenvalue weighted by Gasteiger charge is 2.13. The quantitative estimate of drug-likeness (QED) is 0.239. The molecule has 0 aliphatic carbocycles. The summed E-state index contributed by atoms with van der Waals surface area (Å²) in [4.78, 5) is 21.4. The summed E-state index contributed by atoms with van der Waals surface area (Å²) in [7, 11) is 1.67. The van der Waals surface area contributed by atoms with Crippen LogP contribution in [0.1, 0.15) is 25.3 Å². The van der Waals surface area contributed by atoms with Gasteiger partial charge in [0.2, 0.25) is 5.91 Å². The van der Waals surface area contributed by atoms with Gasteiger partial charge in [0.25, 0.3) is 0 Å². The van der Waals surface area contributed by atoms with Crippen LogP contribution in [0.2, 0.25) is 0 Å². The van der Waals surface area contributed by atoms with Crippen LogP contribution in [0, 0.1) is 0 Å². The SMILES string of the molecule is CCSc1nc(NCCOC)c2cnn(CCNC(=O)CCCc3ccccc3)c2n1. The number of amides is 1. The highest BCUT2D eigenvalue weighted by atomic mass is 32.2. The number of aryl methyl sites for hydroxylation is 1. The van der Waals surface area contributed by atoms with Gasteiger partial charge in [-0.15, -0.1) is 0 Å².